The summed E-state index contributed by atoms with van der Waals surface area (Å²) in [6, 6.07) is 7.40. The molecule has 1 atom stereocenters. The Labute approximate surface area is 100 Å². The molecule has 1 aliphatic heterocycles. The number of hydrogen-bond donors (Lipinski definition) is 0. The summed E-state index contributed by atoms with van der Waals surface area (Å²) in [7, 11) is 1.61. The lowest BCUT2D eigenvalue weighted by molar-refractivity contribution is -0.148. The summed E-state index contributed by atoms with van der Waals surface area (Å²) in [5, 5.41) is 0. The van der Waals surface area contributed by atoms with E-state index < -0.39 is 0 Å². The zero-order valence-corrected chi connectivity index (χ0v) is 9.85. The van der Waals surface area contributed by atoms with Gasteiger partial charge in [0.15, 0.2) is 0 Å². The minimum Gasteiger partial charge on any atom is -0.497 e. The Morgan fingerprint density at radius 3 is 2.76 bits per heavy atom. The lowest BCUT2D eigenvalue weighted by Crippen LogP contribution is -2.19. The van der Waals surface area contributed by atoms with Crippen molar-refractivity contribution in [1.82, 2.24) is 0 Å². The van der Waals surface area contributed by atoms with Crippen LogP contribution in [-0.4, -0.2) is 32.4 Å². The van der Waals surface area contributed by atoms with E-state index in [1.807, 2.05) is 24.3 Å². The highest BCUT2D eigenvalue weighted by molar-refractivity contribution is 5.72. The van der Waals surface area contributed by atoms with Crippen molar-refractivity contribution in [2.75, 3.05) is 20.3 Å². The molecule has 0 N–H and O–H groups in total. The van der Waals surface area contributed by atoms with Gasteiger partial charge in [-0.15, -0.1) is 0 Å². The lowest BCUT2D eigenvalue weighted by Gasteiger charge is -2.10. The standard InChI is InChI=1S/C13H16O4/c1-15-11-4-2-10(3-5-11)8-13(14)17-12-6-7-16-9-12/h2-5,12H,6-9H2,1H3/t12-/m1/s1. The van der Waals surface area contributed by atoms with Gasteiger partial charge in [-0.1, -0.05) is 12.1 Å². The second-order valence-corrected chi connectivity index (χ2v) is 4.00. The molecule has 4 nitrogen and oxygen atoms in total. The van der Waals surface area contributed by atoms with E-state index in [1.165, 1.54) is 0 Å². The maximum absolute atomic E-state index is 11.6. The van der Waals surface area contributed by atoms with Crippen molar-refractivity contribution in [3.8, 4) is 5.75 Å². The van der Waals surface area contributed by atoms with E-state index >= 15 is 0 Å². The van der Waals surface area contributed by atoms with Gasteiger partial charge in [-0.2, -0.15) is 0 Å². The Bertz CT molecular complexity index is 366. The fourth-order valence-electron chi connectivity index (χ4n) is 1.74. The Kier molecular flexibility index (Phi) is 3.98. The Morgan fingerprint density at radius 2 is 2.18 bits per heavy atom. The molecule has 0 saturated carbocycles. The van der Waals surface area contributed by atoms with Crippen molar-refractivity contribution in [1.29, 1.82) is 0 Å². The number of ether oxygens (including phenoxy) is 3. The summed E-state index contributed by atoms with van der Waals surface area (Å²) in [6.07, 6.45) is 1.02. The molecule has 0 bridgehead atoms. The van der Waals surface area contributed by atoms with Gasteiger partial charge in [-0.25, -0.2) is 0 Å². The maximum Gasteiger partial charge on any atom is 0.310 e. The van der Waals surface area contributed by atoms with Gasteiger partial charge >= 0.3 is 5.97 Å². The largest absolute Gasteiger partial charge is 0.497 e. The number of methoxy groups -OCH3 is 1. The zero-order valence-electron chi connectivity index (χ0n) is 9.85. The van der Waals surface area contributed by atoms with Crippen LogP contribution in [-0.2, 0) is 20.7 Å². The molecule has 1 saturated heterocycles. The molecule has 92 valence electrons. The van der Waals surface area contributed by atoms with E-state index in [-0.39, 0.29) is 12.1 Å². The van der Waals surface area contributed by atoms with Crippen LogP contribution in [0, 0.1) is 0 Å². The van der Waals surface area contributed by atoms with Gasteiger partial charge in [0.1, 0.15) is 11.9 Å². The van der Waals surface area contributed by atoms with Crippen LogP contribution >= 0.6 is 0 Å². The minimum atomic E-state index is -0.203. The molecule has 1 fully saturated rings. The van der Waals surface area contributed by atoms with Gasteiger partial charge in [-0.3, -0.25) is 4.79 Å². The highest BCUT2D eigenvalue weighted by atomic mass is 16.6. The van der Waals surface area contributed by atoms with Crippen molar-refractivity contribution in [3.05, 3.63) is 29.8 Å². The molecular formula is C13H16O4. The maximum atomic E-state index is 11.6. The molecule has 0 aliphatic carbocycles. The number of esters is 1. The van der Waals surface area contributed by atoms with E-state index in [0.29, 0.717) is 19.6 Å². The van der Waals surface area contributed by atoms with Crippen molar-refractivity contribution in [3.63, 3.8) is 0 Å². The smallest absolute Gasteiger partial charge is 0.310 e. The predicted octanol–water partition coefficient (Wildman–Crippen LogP) is 1.57. The van der Waals surface area contributed by atoms with E-state index in [9.17, 15) is 4.79 Å². The van der Waals surface area contributed by atoms with Crippen LogP contribution in [0.4, 0.5) is 0 Å². The summed E-state index contributed by atoms with van der Waals surface area (Å²) in [4.78, 5) is 11.6. The van der Waals surface area contributed by atoms with Crippen LogP contribution in [0.5, 0.6) is 5.75 Å². The molecule has 1 aromatic carbocycles. The van der Waals surface area contributed by atoms with Gasteiger partial charge < -0.3 is 14.2 Å². The predicted molar refractivity (Wildman–Crippen MR) is 62.0 cm³/mol. The molecule has 0 spiro atoms. The van der Waals surface area contributed by atoms with Crippen molar-refractivity contribution < 1.29 is 19.0 Å². The normalized spacial score (nSPS) is 19.0. The molecule has 0 aromatic heterocycles. The molecule has 17 heavy (non-hydrogen) atoms. The summed E-state index contributed by atoms with van der Waals surface area (Å²) >= 11 is 0. The van der Waals surface area contributed by atoms with E-state index in [1.54, 1.807) is 7.11 Å². The first-order valence-electron chi connectivity index (χ1n) is 5.68. The Morgan fingerprint density at radius 1 is 1.41 bits per heavy atom. The quantitative estimate of drug-likeness (QED) is 0.744. The summed E-state index contributed by atoms with van der Waals surface area (Å²) in [5.74, 6) is 0.581. The third kappa shape index (κ3) is 3.46. The fraction of sp³-hybridized carbons (Fsp3) is 0.462. The molecule has 0 amide bonds. The molecule has 1 heterocycles. The van der Waals surface area contributed by atoms with Crippen LogP contribution in [0.3, 0.4) is 0 Å². The zero-order chi connectivity index (χ0) is 12.1. The molecule has 4 heteroatoms. The molecule has 1 aromatic rings. The van der Waals surface area contributed by atoms with Gasteiger partial charge in [0.2, 0.25) is 0 Å². The van der Waals surface area contributed by atoms with Crippen LogP contribution in [0.2, 0.25) is 0 Å². The minimum absolute atomic E-state index is 0.0688. The molecular weight excluding hydrogens is 220 g/mol. The third-order valence-corrected chi connectivity index (χ3v) is 2.69. The number of rotatable bonds is 4. The Hall–Kier alpha value is -1.55. The van der Waals surface area contributed by atoms with Gasteiger partial charge in [-0.05, 0) is 17.7 Å². The molecule has 0 radical (unpaired) electrons. The summed E-state index contributed by atoms with van der Waals surface area (Å²) < 4.78 is 15.5. The van der Waals surface area contributed by atoms with Gasteiger partial charge in [0.25, 0.3) is 0 Å². The van der Waals surface area contributed by atoms with Crippen LogP contribution in [0.25, 0.3) is 0 Å². The topological polar surface area (TPSA) is 44.8 Å². The third-order valence-electron chi connectivity index (χ3n) is 2.69. The molecule has 1 aliphatic rings. The average molecular weight is 236 g/mol. The van der Waals surface area contributed by atoms with Gasteiger partial charge in [0, 0.05) is 6.42 Å². The lowest BCUT2D eigenvalue weighted by atomic mass is 10.1. The van der Waals surface area contributed by atoms with Crippen LogP contribution in [0.15, 0.2) is 24.3 Å². The first kappa shape index (κ1) is 11.9. The number of carbonyl (C=O) groups is 1. The number of carbonyl (C=O) groups excluding carboxylic acids is 1. The highest BCUT2D eigenvalue weighted by Crippen LogP contribution is 2.13. The van der Waals surface area contributed by atoms with Crippen LogP contribution in [0.1, 0.15) is 12.0 Å². The van der Waals surface area contributed by atoms with Gasteiger partial charge in [0.05, 0.1) is 26.7 Å². The molecule has 0 unspecified atom stereocenters. The fourth-order valence-corrected chi connectivity index (χ4v) is 1.74. The highest BCUT2D eigenvalue weighted by Gasteiger charge is 2.19. The van der Waals surface area contributed by atoms with Crippen molar-refractivity contribution in [2.45, 2.75) is 18.9 Å². The first-order chi connectivity index (χ1) is 8.28. The van der Waals surface area contributed by atoms with E-state index in [4.69, 9.17) is 14.2 Å². The SMILES string of the molecule is COc1ccc(CC(=O)O[C@@H]2CCOC2)cc1. The second kappa shape index (κ2) is 5.68. The van der Waals surface area contributed by atoms with Crippen LogP contribution < -0.4 is 4.74 Å². The second-order valence-electron chi connectivity index (χ2n) is 4.00. The molecule has 2 rings (SSSR count). The van der Waals surface area contributed by atoms with Crippen molar-refractivity contribution in [2.24, 2.45) is 0 Å². The first-order valence-corrected chi connectivity index (χ1v) is 5.68. The van der Waals surface area contributed by atoms with E-state index in [2.05, 4.69) is 0 Å². The monoisotopic (exact) mass is 236 g/mol. The van der Waals surface area contributed by atoms with E-state index in [0.717, 1.165) is 17.7 Å². The number of benzene rings is 1. The van der Waals surface area contributed by atoms with Crippen molar-refractivity contribution >= 4 is 5.97 Å². The number of hydrogen-bond acceptors (Lipinski definition) is 4. The Balaban J connectivity index is 1.84. The average Bonchev–Trinajstić information content (AvgIpc) is 2.82. The summed E-state index contributed by atoms with van der Waals surface area (Å²) in [6.45, 7) is 1.20. The summed E-state index contributed by atoms with van der Waals surface area (Å²) in [5.41, 5.74) is 0.926.